The van der Waals surface area contributed by atoms with Gasteiger partial charge in [0.25, 0.3) is 0 Å². The molecule has 0 bridgehead atoms. The lowest BCUT2D eigenvalue weighted by Crippen LogP contribution is -2.14. The molecule has 0 atom stereocenters. The van der Waals surface area contributed by atoms with E-state index < -0.39 is 11.7 Å². The van der Waals surface area contributed by atoms with E-state index in [-0.39, 0.29) is 0 Å². The van der Waals surface area contributed by atoms with Crippen molar-refractivity contribution >= 4 is 28.4 Å². The number of amidine groups is 1. The quantitative estimate of drug-likeness (QED) is 0.374. The summed E-state index contributed by atoms with van der Waals surface area (Å²) < 4.78 is 39.2. The van der Waals surface area contributed by atoms with Gasteiger partial charge in [-0.1, -0.05) is 23.9 Å². The minimum absolute atomic E-state index is 0.348. The van der Waals surface area contributed by atoms with Gasteiger partial charge < -0.3 is 4.90 Å². The highest BCUT2D eigenvalue weighted by Crippen LogP contribution is 2.36. The lowest BCUT2D eigenvalue weighted by atomic mass is 10.0. The van der Waals surface area contributed by atoms with Gasteiger partial charge in [-0.2, -0.15) is 18.4 Å². The predicted molar refractivity (Wildman–Crippen MR) is 98.4 cm³/mol. The van der Waals surface area contributed by atoms with Crippen molar-refractivity contribution in [3.63, 3.8) is 0 Å². The highest BCUT2D eigenvalue weighted by atomic mass is 32.2. The molecule has 0 aliphatic heterocycles. The number of anilines is 1. The second-order valence-corrected chi connectivity index (χ2v) is 6.19. The summed E-state index contributed by atoms with van der Waals surface area (Å²) in [7, 11) is 3.42. The van der Waals surface area contributed by atoms with E-state index in [4.69, 9.17) is 5.26 Å². The molecule has 0 saturated heterocycles. The first-order valence-corrected chi connectivity index (χ1v) is 8.61. The minimum Gasteiger partial charge on any atom is -0.362 e. The topological polar surface area (TPSA) is 64.3 Å². The van der Waals surface area contributed by atoms with E-state index in [1.54, 1.807) is 55.7 Å². The van der Waals surface area contributed by atoms with Gasteiger partial charge in [0.15, 0.2) is 11.4 Å². The van der Waals surface area contributed by atoms with Crippen molar-refractivity contribution in [2.75, 3.05) is 25.3 Å². The van der Waals surface area contributed by atoms with Crippen LogP contribution in [0.3, 0.4) is 0 Å². The van der Waals surface area contributed by atoms with E-state index >= 15 is 0 Å². The number of thioether (sulfide) groups is 1. The highest BCUT2D eigenvalue weighted by molar-refractivity contribution is 8.13. The van der Waals surface area contributed by atoms with E-state index in [1.165, 1.54) is 11.8 Å². The lowest BCUT2D eigenvalue weighted by Gasteiger charge is -2.18. The molecular weight excluding hydrogens is 363 g/mol. The molecule has 5 nitrogen and oxygen atoms in total. The maximum Gasteiger partial charge on any atom is 0.417 e. The van der Waals surface area contributed by atoms with Gasteiger partial charge in [0.1, 0.15) is 5.82 Å². The minimum atomic E-state index is -4.48. The molecule has 2 rings (SSSR count). The summed E-state index contributed by atoms with van der Waals surface area (Å²) in [6.07, 6.45) is -0.110. The van der Waals surface area contributed by atoms with Crippen LogP contribution in [0.1, 0.15) is 5.56 Å². The van der Waals surface area contributed by atoms with Crippen molar-refractivity contribution in [3.05, 3.63) is 42.1 Å². The highest BCUT2D eigenvalue weighted by Gasteiger charge is 2.32. The number of aliphatic imine (C=N–C) groups is 1. The fourth-order valence-electron chi connectivity index (χ4n) is 2.21. The third-order valence-electron chi connectivity index (χ3n) is 3.36. The molecule has 0 aliphatic carbocycles. The Kier molecular flexibility index (Phi) is 6.10. The average Bonchev–Trinajstić information content (AvgIpc) is 2.60. The summed E-state index contributed by atoms with van der Waals surface area (Å²) in [5.74, 6) is 0.416. The normalized spacial score (nSPS) is 11.8. The van der Waals surface area contributed by atoms with Gasteiger partial charge in [-0.3, -0.25) is 5.32 Å². The van der Waals surface area contributed by atoms with Gasteiger partial charge in [0, 0.05) is 25.9 Å². The van der Waals surface area contributed by atoms with Crippen LogP contribution in [0, 0.1) is 11.5 Å². The number of hydrogen-bond donors (Lipinski definition) is 1. The van der Waals surface area contributed by atoms with Crippen molar-refractivity contribution in [1.29, 1.82) is 5.26 Å². The molecule has 0 amide bonds. The second kappa shape index (κ2) is 8.10. The van der Waals surface area contributed by atoms with Gasteiger partial charge in [-0.25, -0.2) is 9.98 Å². The molecule has 0 saturated carbocycles. The SMILES string of the molecule is CSC(=Nc1cccc(-c2cc(C(F)(F)F)cnc2N(C)C)c1)NC#N. The van der Waals surface area contributed by atoms with Crippen LogP contribution in [0.15, 0.2) is 41.5 Å². The zero-order chi connectivity index (χ0) is 19.3. The predicted octanol–water partition coefficient (Wildman–Crippen LogP) is 4.25. The van der Waals surface area contributed by atoms with Crippen LogP contribution in [-0.4, -0.2) is 30.5 Å². The number of pyridine rings is 1. The Hall–Kier alpha value is -2.73. The Morgan fingerprint density at radius 3 is 2.62 bits per heavy atom. The number of nitrogens with zero attached hydrogens (tertiary/aromatic N) is 4. The first kappa shape index (κ1) is 19.6. The fourth-order valence-corrected chi connectivity index (χ4v) is 2.56. The van der Waals surface area contributed by atoms with Crippen molar-refractivity contribution in [1.82, 2.24) is 10.3 Å². The van der Waals surface area contributed by atoms with Crippen LogP contribution < -0.4 is 10.2 Å². The molecule has 0 aliphatic rings. The van der Waals surface area contributed by atoms with E-state index in [0.29, 0.717) is 27.8 Å². The van der Waals surface area contributed by atoms with Gasteiger partial charge in [0.05, 0.1) is 11.3 Å². The number of nitriles is 1. The first-order valence-electron chi connectivity index (χ1n) is 7.39. The van der Waals surface area contributed by atoms with Crippen molar-refractivity contribution in [2.45, 2.75) is 6.18 Å². The molecule has 1 aromatic carbocycles. The summed E-state index contributed by atoms with van der Waals surface area (Å²) in [6, 6.07) is 7.82. The van der Waals surface area contributed by atoms with Crippen LogP contribution in [-0.2, 0) is 6.18 Å². The summed E-state index contributed by atoms with van der Waals surface area (Å²) >= 11 is 1.25. The fraction of sp³-hybridized carbons (Fsp3) is 0.235. The van der Waals surface area contributed by atoms with Gasteiger partial charge in [0.2, 0.25) is 0 Å². The van der Waals surface area contributed by atoms with Gasteiger partial charge >= 0.3 is 6.18 Å². The van der Waals surface area contributed by atoms with Gasteiger partial charge in [-0.15, -0.1) is 0 Å². The average molecular weight is 379 g/mol. The molecule has 1 heterocycles. The van der Waals surface area contributed by atoms with Gasteiger partial charge in [-0.05, 0) is 30.0 Å². The zero-order valence-corrected chi connectivity index (χ0v) is 15.1. The van der Waals surface area contributed by atoms with Crippen LogP contribution in [0.25, 0.3) is 11.1 Å². The zero-order valence-electron chi connectivity index (χ0n) is 14.3. The third-order valence-corrected chi connectivity index (χ3v) is 3.94. The van der Waals surface area contributed by atoms with E-state index in [2.05, 4.69) is 15.3 Å². The molecule has 0 unspecified atom stereocenters. The molecular formula is C17H16F3N5S. The Balaban J connectivity index is 2.57. The largest absolute Gasteiger partial charge is 0.417 e. The molecule has 0 spiro atoms. The lowest BCUT2D eigenvalue weighted by molar-refractivity contribution is -0.137. The summed E-state index contributed by atoms with van der Waals surface area (Å²) in [4.78, 5) is 9.91. The number of aromatic nitrogens is 1. The Labute approximate surface area is 153 Å². The number of benzene rings is 1. The van der Waals surface area contributed by atoms with Crippen molar-refractivity contribution in [2.24, 2.45) is 4.99 Å². The van der Waals surface area contributed by atoms with Crippen LogP contribution in [0.2, 0.25) is 0 Å². The Morgan fingerprint density at radius 2 is 2.04 bits per heavy atom. The monoisotopic (exact) mass is 379 g/mol. The summed E-state index contributed by atoms with van der Waals surface area (Å²) in [6.45, 7) is 0. The number of halogens is 3. The molecule has 9 heteroatoms. The van der Waals surface area contributed by atoms with E-state index in [1.807, 2.05) is 0 Å². The number of nitrogens with one attached hydrogen (secondary N) is 1. The molecule has 136 valence electrons. The summed E-state index contributed by atoms with van der Waals surface area (Å²) in [5.41, 5.74) is 0.589. The number of rotatable bonds is 3. The molecule has 2 aromatic rings. The standard InChI is InChI=1S/C17H16F3N5S/c1-25(2)15-14(8-12(9-22-15)17(18,19)20)11-5-4-6-13(7-11)24-16(26-3)23-10-21/h4-9H,1-3H3,(H,23,24). The van der Waals surface area contributed by atoms with Crippen LogP contribution >= 0.6 is 11.8 Å². The molecule has 26 heavy (non-hydrogen) atoms. The van der Waals surface area contributed by atoms with Crippen molar-refractivity contribution < 1.29 is 13.2 Å². The molecule has 0 fully saturated rings. The third kappa shape index (κ3) is 4.67. The van der Waals surface area contributed by atoms with Crippen LogP contribution in [0.4, 0.5) is 24.7 Å². The molecule has 1 aromatic heterocycles. The second-order valence-electron chi connectivity index (χ2n) is 5.40. The van der Waals surface area contributed by atoms with E-state index in [0.717, 1.165) is 12.3 Å². The number of hydrogen-bond acceptors (Lipinski definition) is 5. The molecule has 1 N–H and O–H groups in total. The van der Waals surface area contributed by atoms with Crippen LogP contribution in [0.5, 0.6) is 0 Å². The smallest absolute Gasteiger partial charge is 0.362 e. The summed E-state index contributed by atoms with van der Waals surface area (Å²) in [5, 5.41) is 11.5. The first-order chi connectivity index (χ1) is 12.3. The maximum atomic E-state index is 13.1. The van der Waals surface area contributed by atoms with Crippen molar-refractivity contribution in [3.8, 4) is 17.3 Å². The molecule has 0 radical (unpaired) electrons. The van der Waals surface area contributed by atoms with E-state index in [9.17, 15) is 13.2 Å². The Bertz CT molecular complexity index is 856. The maximum absolute atomic E-state index is 13.1. The number of alkyl halides is 3. The Morgan fingerprint density at radius 1 is 1.31 bits per heavy atom.